The number of halogens is 1. The highest BCUT2D eigenvalue weighted by molar-refractivity contribution is 9.11. The van der Waals surface area contributed by atoms with E-state index < -0.39 is 0 Å². The molecular formula is C14H16BrNS. The average Bonchev–Trinajstić information content (AvgIpc) is 2.74. The van der Waals surface area contributed by atoms with Crippen molar-refractivity contribution in [2.45, 2.75) is 26.4 Å². The van der Waals surface area contributed by atoms with Gasteiger partial charge in [0.15, 0.2) is 0 Å². The second kappa shape index (κ2) is 5.80. The maximum atomic E-state index is 3.56. The molecule has 3 heteroatoms. The molecule has 0 aliphatic carbocycles. The van der Waals surface area contributed by atoms with E-state index in [2.05, 4.69) is 71.5 Å². The van der Waals surface area contributed by atoms with Crippen molar-refractivity contribution in [3.05, 3.63) is 56.2 Å². The molecule has 0 spiro atoms. The third-order valence-electron chi connectivity index (χ3n) is 2.88. The smallest absolute Gasteiger partial charge is 0.0701 e. The number of hydrogen-bond acceptors (Lipinski definition) is 2. The first-order chi connectivity index (χ1) is 8.16. The summed E-state index contributed by atoms with van der Waals surface area (Å²) in [6.45, 7) is 5.28. The van der Waals surface area contributed by atoms with Crippen LogP contribution in [0.15, 0.2) is 40.2 Å². The van der Waals surface area contributed by atoms with Crippen molar-refractivity contribution in [2.24, 2.45) is 0 Å². The Morgan fingerprint density at radius 3 is 2.65 bits per heavy atom. The van der Waals surface area contributed by atoms with E-state index in [1.54, 1.807) is 11.3 Å². The van der Waals surface area contributed by atoms with Gasteiger partial charge in [0.2, 0.25) is 0 Å². The minimum Gasteiger partial charge on any atom is -0.305 e. The molecule has 1 N–H and O–H groups in total. The van der Waals surface area contributed by atoms with E-state index in [0.29, 0.717) is 6.04 Å². The van der Waals surface area contributed by atoms with Gasteiger partial charge < -0.3 is 5.32 Å². The summed E-state index contributed by atoms with van der Waals surface area (Å²) in [7, 11) is 0. The molecule has 1 aromatic heterocycles. The predicted octanol–water partition coefficient (Wildman–Crippen LogP) is 4.67. The van der Waals surface area contributed by atoms with Gasteiger partial charge in [-0.05, 0) is 53.0 Å². The van der Waals surface area contributed by atoms with Crippen molar-refractivity contribution >= 4 is 27.3 Å². The number of aryl methyl sites for hydroxylation is 1. The van der Waals surface area contributed by atoms with Crippen LogP contribution in [0.5, 0.6) is 0 Å². The lowest BCUT2D eigenvalue weighted by Gasteiger charge is -2.13. The zero-order valence-corrected chi connectivity index (χ0v) is 12.4. The molecule has 1 aromatic carbocycles. The van der Waals surface area contributed by atoms with Crippen LogP contribution in [-0.2, 0) is 6.54 Å². The maximum Gasteiger partial charge on any atom is 0.0701 e. The van der Waals surface area contributed by atoms with Gasteiger partial charge in [-0.15, -0.1) is 11.3 Å². The summed E-state index contributed by atoms with van der Waals surface area (Å²) in [5.74, 6) is 0. The van der Waals surface area contributed by atoms with Crippen LogP contribution in [0.1, 0.15) is 29.0 Å². The van der Waals surface area contributed by atoms with Crippen LogP contribution in [0, 0.1) is 6.92 Å². The van der Waals surface area contributed by atoms with Gasteiger partial charge in [0.25, 0.3) is 0 Å². The molecule has 0 aliphatic rings. The van der Waals surface area contributed by atoms with Crippen LogP contribution >= 0.6 is 27.3 Å². The van der Waals surface area contributed by atoms with Gasteiger partial charge in [0.05, 0.1) is 3.79 Å². The Morgan fingerprint density at radius 2 is 2.00 bits per heavy atom. The highest BCUT2D eigenvalue weighted by Gasteiger charge is 2.07. The molecule has 1 heterocycles. The Morgan fingerprint density at radius 1 is 1.24 bits per heavy atom. The molecule has 1 unspecified atom stereocenters. The van der Waals surface area contributed by atoms with Crippen LogP contribution in [0.4, 0.5) is 0 Å². The van der Waals surface area contributed by atoms with Crippen molar-refractivity contribution in [1.82, 2.24) is 5.32 Å². The first kappa shape index (κ1) is 12.8. The fraction of sp³-hybridized carbons (Fsp3) is 0.286. The summed E-state index contributed by atoms with van der Waals surface area (Å²) in [6.07, 6.45) is 0. The van der Waals surface area contributed by atoms with E-state index >= 15 is 0 Å². The minimum absolute atomic E-state index is 0.394. The van der Waals surface area contributed by atoms with Crippen LogP contribution in [0.3, 0.4) is 0 Å². The molecule has 1 nitrogen and oxygen atoms in total. The van der Waals surface area contributed by atoms with E-state index in [1.807, 2.05) is 0 Å². The fourth-order valence-electron chi connectivity index (χ4n) is 1.73. The summed E-state index contributed by atoms with van der Waals surface area (Å²) in [4.78, 5) is 1.37. The third-order valence-corrected chi connectivity index (χ3v) is 4.69. The standard InChI is InChI=1S/C14H16BrNS/c1-10-5-3-4-6-12(10)9-16-11(2)13-7-8-14(15)17-13/h3-8,11,16H,9H2,1-2H3. The van der Waals surface area contributed by atoms with Crippen molar-refractivity contribution in [3.63, 3.8) is 0 Å². The Kier molecular flexibility index (Phi) is 4.37. The van der Waals surface area contributed by atoms with Gasteiger partial charge in [-0.2, -0.15) is 0 Å². The second-order valence-corrected chi connectivity index (χ2v) is 6.67. The minimum atomic E-state index is 0.394. The molecule has 0 radical (unpaired) electrons. The maximum absolute atomic E-state index is 3.56. The Hall–Kier alpha value is -0.640. The zero-order chi connectivity index (χ0) is 12.3. The number of hydrogen-bond donors (Lipinski definition) is 1. The highest BCUT2D eigenvalue weighted by atomic mass is 79.9. The quantitative estimate of drug-likeness (QED) is 0.865. The van der Waals surface area contributed by atoms with Gasteiger partial charge in [0.1, 0.15) is 0 Å². The summed E-state index contributed by atoms with van der Waals surface area (Å²) in [5, 5.41) is 3.56. The van der Waals surface area contributed by atoms with Crippen molar-refractivity contribution < 1.29 is 0 Å². The molecule has 0 saturated heterocycles. The van der Waals surface area contributed by atoms with Crippen LogP contribution < -0.4 is 5.32 Å². The Balaban J connectivity index is 1.97. The lowest BCUT2D eigenvalue weighted by atomic mass is 10.1. The lowest BCUT2D eigenvalue weighted by Crippen LogP contribution is -2.17. The average molecular weight is 310 g/mol. The molecule has 0 saturated carbocycles. The molecule has 17 heavy (non-hydrogen) atoms. The third kappa shape index (κ3) is 3.41. The number of nitrogens with one attached hydrogen (secondary N) is 1. The van der Waals surface area contributed by atoms with E-state index in [4.69, 9.17) is 0 Å². The van der Waals surface area contributed by atoms with E-state index in [-0.39, 0.29) is 0 Å². The zero-order valence-electron chi connectivity index (χ0n) is 10.0. The molecule has 2 rings (SSSR count). The normalized spacial score (nSPS) is 12.6. The van der Waals surface area contributed by atoms with Crippen LogP contribution in [0.25, 0.3) is 0 Å². The number of benzene rings is 1. The van der Waals surface area contributed by atoms with E-state index in [9.17, 15) is 0 Å². The van der Waals surface area contributed by atoms with Crippen LogP contribution in [0.2, 0.25) is 0 Å². The number of thiophene rings is 1. The molecule has 0 aliphatic heterocycles. The van der Waals surface area contributed by atoms with Crippen molar-refractivity contribution in [1.29, 1.82) is 0 Å². The largest absolute Gasteiger partial charge is 0.305 e. The van der Waals surface area contributed by atoms with Gasteiger partial charge >= 0.3 is 0 Å². The number of rotatable bonds is 4. The van der Waals surface area contributed by atoms with Gasteiger partial charge in [-0.3, -0.25) is 0 Å². The summed E-state index contributed by atoms with van der Waals surface area (Å²) < 4.78 is 1.19. The topological polar surface area (TPSA) is 12.0 Å². The van der Waals surface area contributed by atoms with Crippen molar-refractivity contribution in [2.75, 3.05) is 0 Å². The highest BCUT2D eigenvalue weighted by Crippen LogP contribution is 2.27. The molecule has 0 bridgehead atoms. The van der Waals surface area contributed by atoms with Crippen molar-refractivity contribution in [3.8, 4) is 0 Å². The lowest BCUT2D eigenvalue weighted by molar-refractivity contribution is 0.581. The van der Waals surface area contributed by atoms with Crippen LogP contribution in [-0.4, -0.2) is 0 Å². The second-order valence-electron chi connectivity index (χ2n) is 4.17. The molecule has 1 atom stereocenters. The van der Waals surface area contributed by atoms with Gasteiger partial charge in [0, 0.05) is 17.5 Å². The first-order valence-corrected chi connectivity index (χ1v) is 7.31. The molecule has 90 valence electrons. The SMILES string of the molecule is Cc1ccccc1CNC(C)c1ccc(Br)s1. The Labute approximate surface area is 115 Å². The molecular weight excluding hydrogens is 294 g/mol. The Bertz CT molecular complexity index is 492. The van der Waals surface area contributed by atoms with E-state index in [1.165, 1.54) is 19.8 Å². The van der Waals surface area contributed by atoms with E-state index in [0.717, 1.165) is 6.54 Å². The predicted molar refractivity (Wildman–Crippen MR) is 78.5 cm³/mol. The monoisotopic (exact) mass is 309 g/mol. The van der Waals surface area contributed by atoms with Gasteiger partial charge in [-0.1, -0.05) is 24.3 Å². The summed E-state index contributed by atoms with van der Waals surface area (Å²) >= 11 is 5.29. The summed E-state index contributed by atoms with van der Waals surface area (Å²) in [6, 6.07) is 13.2. The molecule has 0 fully saturated rings. The van der Waals surface area contributed by atoms with Gasteiger partial charge in [-0.25, -0.2) is 0 Å². The fourth-order valence-corrected chi connectivity index (χ4v) is 3.18. The summed E-state index contributed by atoms with van der Waals surface area (Å²) in [5.41, 5.74) is 2.72. The molecule has 0 amide bonds. The first-order valence-electron chi connectivity index (χ1n) is 5.70. The molecule has 2 aromatic rings.